The van der Waals surface area contributed by atoms with E-state index in [1.54, 1.807) is 22.8 Å². The zero-order valence-corrected chi connectivity index (χ0v) is 14.8. The zero-order chi connectivity index (χ0) is 18.0. The first kappa shape index (κ1) is 17.7. The largest absolute Gasteiger partial charge is 0.423 e. The van der Waals surface area contributed by atoms with E-state index in [0.29, 0.717) is 32.0 Å². The monoisotopic (exact) mass is 368 g/mol. The second-order valence-electron chi connectivity index (χ2n) is 5.86. The summed E-state index contributed by atoms with van der Waals surface area (Å²) in [7, 11) is -3.41. The maximum Gasteiger partial charge on any atom is 0.331 e. The van der Waals surface area contributed by atoms with Gasteiger partial charge in [-0.1, -0.05) is 6.92 Å². The number of amides is 1. The molecule has 1 aromatic rings. The van der Waals surface area contributed by atoms with Crippen molar-refractivity contribution in [1.29, 1.82) is 0 Å². The molecule has 0 N–H and O–H groups in total. The van der Waals surface area contributed by atoms with E-state index < -0.39 is 15.8 Å². The lowest BCUT2D eigenvalue weighted by molar-refractivity contribution is -0.134. The molecule has 0 radical (unpaired) electrons. The molecule has 2 heterocycles. The smallest absolute Gasteiger partial charge is 0.331 e. The summed E-state index contributed by atoms with van der Waals surface area (Å²) in [4.78, 5) is 27.7. The Morgan fingerprint density at radius 1 is 1.24 bits per heavy atom. The first-order valence-corrected chi connectivity index (χ1v) is 9.74. The molecule has 25 heavy (non-hydrogen) atoms. The fourth-order valence-corrected chi connectivity index (χ4v) is 3.71. The van der Waals surface area contributed by atoms with Crippen LogP contribution in [0.2, 0.25) is 0 Å². The van der Waals surface area contributed by atoms with Gasteiger partial charge in [-0.3, -0.25) is 4.79 Å². The fourth-order valence-electron chi connectivity index (χ4n) is 2.81. The van der Waals surface area contributed by atoms with Gasteiger partial charge >= 0.3 is 5.97 Å². The molecule has 0 saturated carbocycles. The Morgan fingerprint density at radius 2 is 1.96 bits per heavy atom. The molecule has 1 fully saturated rings. The van der Waals surface area contributed by atoms with Gasteiger partial charge in [-0.05, 0) is 12.1 Å². The normalized spacial score (nSPS) is 17.9. The van der Waals surface area contributed by atoms with Gasteiger partial charge in [-0.15, -0.1) is 0 Å². The third-order valence-electron chi connectivity index (χ3n) is 4.24. The predicted molar refractivity (Wildman–Crippen MR) is 89.4 cm³/mol. The van der Waals surface area contributed by atoms with Crippen LogP contribution in [0.5, 0.6) is 5.75 Å². The highest BCUT2D eigenvalue weighted by atomic mass is 32.2. The van der Waals surface area contributed by atoms with Gasteiger partial charge in [0.15, 0.2) is 15.6 Å². The molecular formula is C16H20N2O6S. The number of esters is 1. The van der Waals surface area contributed by atoms with E-state index in [1.165, 1.54) is 12.1 Å². The summed E-state index contributed by atoms with van der Waals surface area (Å²) >= 11 is 0. The van der Waals surface area contributed by atoms with Gasteiger partial charge in [0.25, 0.3) is 0 Å². The average molecular weight is 368 g/mol. The van der Waals surface area contributed by atoms with Crippen molar-refractivity contribution in [2.24, 2.45) is 0 Å². The molecule has 3 rings (SSSR count). The van der Waals surface area contributed by atoms with Crippen LogP contribution in [0.1, 0.15) is 6.92 Å². The van der Waals surface area contributed by atoms with Crippen molar-refractivity contribution in [3.8, 4) is 5.75 Å². The van der Waals surface area contributed by atoms with Gasteiger partial charge in [-0.25, -0.2) is 13.2 Å². The van der Waals surface area contributed by atoms with Crippen LogP contribution in [0.3, 0.4) is 0 Å². The molecule has 1 saturated heterocycles. The van der Waals surface area contributed by atoms with Crippen LogP contribution in [-0.4, -0.2) is 70.3 Å². The van der Waals surface area contributed by atoms with E-state index >= 15 is 0 Å². The summed E-state index contributed by atoms with van der Waals surface area (Å²) < 4.78 is 34.4. The lowest BCUT2D eigenvalue weighted by atomic mass is 10.2. The molecule has 136 valence electrons. The molecule has 2 aliphatic heterocycles. The van der Waals surface area contributed by atoms with Crippen molar-refractivity contribution in [3.63, 3.8) is 0 Å². The maximum atomic E-state index is 12.4. The Balaban J connectivity index is 1.83. The third-order valence-corrected chi connectivity index (χ3v) is 5.98. The van der Waals surface area contributed by atoms with Crippen molar-refractivity contribution in [2.45, 2.75) is 11.8 Å². The van der Waals surface area contributed by atoms with Crippen LogP contribution in [0.4, 0.5) is 5.69 Å². The van der Waals surface area contributed by atoms with Crippen molar-refractivity contribution in [1.82, 2.24) is 4.90 Å². The van der Waals surface area contributed by atoms with Crippen LogP contribution in [0.25, 0.3) is 0 Å². The minimum Gasteiger partial charge on any atom is -0.423 e. The lowest BCUT2D eigenvalue weighted by Gasteiger charge is -2.33. The number of ether oxygens (including phenoxy) is 2. The van der Waals surface area contributed by atoms with Crippen LogP contribution in [0.15, 0.2) is 23.1 Å². The second-order valence-corrected chi connectivity index (χ2v) is 8.13. The molecule has 1 aromatic carbocycles. The highest BCUT2D eigenvalue weighted by molar-refractivity contribution is 7.91. The van der Waals surface area contributed by atoms with Crippen molar-refractivity contribution >= 4 is 27.4 Å². The van der Waals surface area contributed by atoms with Gasteiger partial charge in [0.1, 0.15) is 6.54 Å². The van der Waals surface area contributed by atoms with E-state index in [-0.39, 0.29) is 35.4 Å². The van der Waals surface area contributed by atoms with Gasteiger partial charge in [0.05, 0.1) is 36.1 Å². The number of fused-ring (bicyclic) bond motifs is 1. The standard InChI is InChI=1S/C16H20N2O6S/c1-2-25(21,22)12-3-4-13-14(9-12)24-16(20)11-18(13)10-15(19)17-5-7-23-8-6-17/h3-4,9H,2,5-8,10-11H2,1H3. The minimum absolute atomic E-state index is 0.0297. The number of morpholine rings is 1. The number of hydrogen-bond acceptors (Lipinski definition) is 7. The summed E-state index contributed by atoms with van der Waals surface area (Å²) in [5.41, 5.74) is 0.538. The quantitative estimate of drug-likeness (QED) is 0.548. The number of hydrogen-bond donors (Lipinski definition) is 0. The molecule has 2 aliphatic rings. The number of rotatable bonds is 4. The average Bonchev–Trinajstić information content (AvgIpc) is 2.61. The van der Waals surface area contributed by atoms with E-state index in [9.17, 15) is 18.0 Å². The predicted octanol–water partition coefficient (Wildman–Crippen LogP) is 0.0644. The molecule has 0 aliphatic carbocycles. The summed E-state index contributed by atoms with van der Waals surface area (Å²) in [6.07, 6.45) is 0. The summed E-state index contributed by atoms with van der Waals surface area (Å²) in [5.74, 6) is -0.498. The van der Waals surface area contributed by atoms with Crippen molar-refractivity contribution < 1.29 is 27.5 Å². The van der Waals surface area contributed by atoms with Crippen LogP contribution in [-0.2, 0) is 24.2 Å². The molecule has 8 nitrogen and oxygen atoms in total. The Bertz CT molecular complexity index is 786. The first-order chi connectivity index (χ1) is 11.9. The molecule has 9 heteroatoms. The fraction of sp³-hybridized carbons (Fsp3) is 0.500. The maximum absolute atomic E-state index is 12.4. The number of nitrogens with zero attached hydrogens (tertiary/aromatic N) is 2. The van der Waals surface area contributed by atoms with E-state index in [2.05, 4.69) is 0 Å². The van der Waals surface area contributed by atoms with Gasteiger partial charge in [-0.2, -0.15) is 0 Å². The van der Waals surface area contributed by atoms with Crippen LogP contribution in [0, 0.1) is 0 Å². The van der Waals surface area contributed by atoms with Crippen LogP contribution >= 0.6 is 0 Å². The number of anilines is 1. The van der Waals surface area contributed by atoms with Crippen molar-refractivity contribution in [2.75, 3.05) is 50.0 Å². The topological polar surface area (TPSA) is 93.2 Å². The van der Waals surface area contributed by atoms with E-state index in [0.717, 1.165) is 0 Å². The van der Waals surface area contributed by atoms with Gasteiger partial charge in [0, 0.05) is 19.2 Å². The highest BCUT2D eigenvalue weighted by Gasteiger charge is 2.29. The molecule has 0 bridgehead atoms. The van der Waals surface area contributed by atoms with Gasteiger partial charge < -0.3 is 19.3 Å². The number of carbonyl (C=O) groups is 2. The Hall–Kier alpha value is -2.13. The van der Waals surface area contributed by atoms with Crippen LogP contribution < -0.4 is 9.64 Å². The summed E-state index contributed by atoms with van der Waals surface area (Å²) in [6.45, 7) is 3.58. The Labute approximate surface area is 146 Å². The SMILES string of the molecule is CCS(=O)(=O)c1ccc2c(c1)OC(=O)CN2CC(=O)N1CCOCC1. The Morgan fingerprint density at radius 3 is 2.64 bits per heavy atom. The number of sulfone groups is 1. The first-order valence-electron chi connectivity index (χ1n) is 8.08. The minimum atomic E-state index is -3.41. The second kappa shape index (κ2) is 7.01. The summed E-state index contributed by atoms with van der Waals surface area (Å²) in [6, 6.07) is 4.40. The Kier molecular flexibility index (Phi) is 4.96. The van der Waals surface area contributed by atoms with E-state index in [4.69, 9.17) is 9.47 Å². The number of benzene rings is 1. The molecule has 0 aromatic heterocycles. The molecule has 0 spiro atoms. The highest BCUT2D eigenvalue weighted by Crippen LogP contribution is 2.34. The van der Waals surface area contributed by atoms with Crippen molar-refractivity contribution in [3.05, 3.63) is 18.2 Å². The summed E-state index contributed by atoms with van der Waals surface area (Å²) in [5, 5.41) is 0. The lowest BCUT2D eigenvalue weighted by Crippen LogP contribution is -2.48. The van der Waals surface area contributed by atoms with Gasteiger partial charge in [0.2, 0.25) is 5.91 Å². The number of carbonyl (C=O) groups excluding carboxylic acids is 2. The molecule has 0 unspecified atom stereocenters. The molecule has 0 atom stereocenters. The molecular weight excluding hydrogens is 348 g/mol. The molecule has 1 amide bonds. The zero-order valence-electron chi connectivity index (χ0n) is 13.9. The third kappa shape index (κ3) is 3.77. The van der Waals surface area contributed by atoms with E-state index in [1.807, 2.05) is 0 Å².